The third kappa shape index (κ3) is 5.07. The summed E-state index contributed by atoms with van der Waals surface area (Å²) in [6, 6.07) is -0.0536. The highest BCUT2D eigenvalue weighted by Gasteiger charge is 2.25. The molecule has 0 aromatic heterocycles. The predicted octanol–water partition coefficient (Wildman–Crippen LogP) is 3.04. The van der Waals surface area contributed by atoms with Crippen molar-refractivity contribution < 1.29 is 9.90 Å². The summed E-state index contributed by atoms with van der Waals surface area (Å²) in [7, 11) is 0. The maximum absolute atomic E-state index is 11.2. The first-order valence-electron chi connectivity index (χ1n) is 6.99. The minimum absolute atomic E-state index is 0.329. The highest BCUT2D eigenvalue weighted by molar-refractivity contribution is 5.73. The minimum atomic E-state index is -0.707. The lowest BCUT2D eigenvalue weighted by atomic mass is 9.84. The largest absolute Gasteiger partial charge is 0.480 e. The van der Waals surface area contributed by atoms with E-state index < -0.39 is 5.97 Å². The molecule has 1 aliphatic rings. The van der Waals surface area contributed by atoms with Crippen molar-refractivity contribution in [2.24, 2.45) is 11.8 Å². The topological polar surface area (TPSA) is 49.3 Å². The highest BCUT2D eigenvalue weighted by Crippen LogP contribution is 2.26. The molecule has 3 heteroatoms. The van der Waals surface area contributed by atoms with Crippen LogP contribution in [0.2, 0.25) is 0 Å². The van der Waals surface area contributed by atoms with Gasteiger partial charge in [-0.15, -0.1) is 0 Å². The molecule has 0 amide bonds. The van der Waals surface area contributed by atoms with E-state index in [-0.39, 0.29) is 6.04 Å². The molecule has 0 spiro atoms. The van der Waals surface area contributed by atoms with Crippen molar-refractivity contribution in [2.45, 2.75) is 71.4 Å². The van der Waals surface area contributed by atoms with Gasteiger partial charge in [-0.1, -0.05) is 33.1 Å². The van der Waals surface area contributed by atoms with Crippen LogP contribution in [0.1, 0.15) is 59.3 Å². The van der Waals surface area contributed by atoms with Crippen molar-refractivity contribution in [3.8, 4) is 0 Å². The lowest BCUT2D eigenvalue weighted by Crippen LogP contribution is -2.46. The van der Waals surface area contributed by atoms with Gasteiger partial charge in [-0.2, -0.15) is 0 Å². The predicted molar refractivity (Wildman–Crippen MR) is 70.1 cm³/mol. The standard InChI is InChI=1S/C14H27NO2/c1-10(2)9-13(14(16)17)15-11(3)12-7-5-4-6-8-12/h10-13,15H,4-9H2,1-3H3,(H,16,17). The number of hydrogen-bond donors (Lipinski definition) is 2. The zero-order valence-electron chi connectivity index (χ0n) is 11.4. The van der Waals surface area contributed by atoms with E-state index in [2.05, 4.69) is 26.1 Å². The number of carbonyl (C=O) groups is 1. The van der Waals surface area contributed by atoms with Crippen LogP contribution in [0.25, 0.3) is 0 Å². The van der Waals surface area contributed by atoms with Crippen molar-refractivity contribution in [2.75, 3.05) is 0 Å². The molecule has 0 saturated heterocycles. The molecule has 17 heavy (non-hydrogen) atoms. The Bertz CT molecular complexity index is 234. The fourth-order valence-corrected chi connectivity index (χ4v) is 2.80. The Hall–Kier alpha value is -0.570. The number of aliphatic carboxylic acids is 1. The second kappa shape index (κ2) is 7.00. The molecule has 0 radical (unpaired) electrons. The molecule has 100 valence electrons. The van der Waals surface area contributed by atoms with Crippen LogP contribution in [0.3, 0.4) is 0 Å². The first-order chi connectivity index (χ1) is 8.00. The van der Waals surface area contributed by atoms with Gasteiger partial charge in [0, 0.05) is 6.04 Å². The normalized spacial score (nSPS) is 21.4. The molecule has 0 aromatic rings. The SMILES string of the molecule is CC(C)CC(NC(C)C1CCCCC1)C(=O)O. The van der Waals surface area contributed by atoms with E-state index in [1.165, 1.54) is 32.1 Å². The number of carboxylic acid groups (broad SMARTS) is 1. The van der Waals surface area contributed by atoms with Gasteiger partial charge in [0.15, 0.2) is 0 Å². The van der Waals surface area contributed by atoms with E-state index in [9.17, 15) is 9.90 Å². The third-order valence-corrected chi connectivity index (χ3v) is 3.83. The molecule has 3 nitrogen and oxygen atoms in total. The monoisotopic (exact) mass is 241 g/mol. The molecular weight excluding hydrogens is 214 g/mol. The van der Waals surface area contributed by atoms with Crippen LogP contribution in [-0.2, 0) is 4.79 Å². The Kier molecular flexibility index (Phi) is 5.96. The molecule has 0 bridgehead atoms. The van der Waals surface area contributed by atoms with Crippen molar-refractivity contribution in [1.82, 2.24) is 5.32 Å². The lowest BCUT2D eigenvalue weighted by molar-refractivity contribution is -0.140. The molecule has 0 heterocycles. The van der Waals surface area contributed by atoms with E-state index >= 15 is 0 Å². The van der Waals surface area contributed by atoms with Crippen LogP contribution in [0.4, 0.5) is 0 Å². The smallest absolute Gasteiger partial charge is 0.320 e. The van der Waals surface area contributed by atoms with Gasteiger partial charge in [0.1, 0.15) is 6.04 Å². The van der Waals surface area contributed by atoms with E-state index in [0.717, 1.165) is 0 Å². The van der Waals surface area contributed by atoms with Gasteiger partial charge in [-0.25, -0.2) is 0 Å². The molecule has 1 saturated carbocycles. The Morgan fingerprint density at radius 3 is 2.29 bits per heavy atom. The highest BCUT2D eigenvalue weighted by atomic mass is 16.4. The van der Waals surface area contributed by atoms with Crippen molar-refractivity contribution in [1.29, 1.82) is 0 Å². The Balaban J connectivity index is 2.44. The molecule has 2 atom stereocenters. The van der Waals surface area contributed by atoms with Crippen LogP contribution in [0.15, 0.2) is 0 Å². The van der Waals surface area contributed by atoms with E-state index in [4.69, 9.17) is 0 Å². The summed E-state index contributed by atoms with van der Waals surface area (Å²) < 4.78 is 0. The Labute approximate surface area is 105 Å². The third-order valence-electron chi connectivity index (χ3n) is 3.83. The van der Waals surface area contributed by atoms with Gasteiger partial charge in [-0.05, 0) is 38.0 Å². The number of hydrogen-bond acceptors (Lipinski definition) is 2. The second-order valence-corrected chi connectivity index (χ2v) is 5.87. The average molecular weight is 241 g/mol. The molecule has 1 rings (SSSR count). The molecule has 0 aliphatic heterocycles. The second-order valence-electron chi connectivity index (χ2n) is 5.87. The summed E-state index contributed by atoms with van der Waals surface area (Å²) in [6.45, 7) is 6.29. The molecule has 1 fully saturated rings. The number of carboxylic acids is 1. The van der Waals surface area contributed by atoms with Gasteiger partial charge in [0.25, 0.3) is 0 Å². The first kappa shape index (κ1) is 14.5. The zero-order valence-corrected chi connectivity index (χ0v) is 11.4. The van der Waals surface area contributed by atoms with Crippen LogP contribution in [0.5, 0.6) is 0 Å². The summed E-state index contributed by atoms with van der Waals surface area (Å²) in [5.41, 5.74) is 0. The van der Waals surface area contributed by atoms with Crippen LogP contribution in [-0.4, -0.2) is 23.2 Å². The molecule has 1 aliphatic carbocycles. The zero-order chi connectivity index (χ0) is 12.8. The van der Waals surface area contributed by atoms with Gasteiger partial charge in [0.05, 0.1) is 0 Å². The fourth-order valence-electron chi connectivity index (χ4n) is 2.80. The summed E-state index contributed by atoms with van der Waals surface area (Å²) in [4.78, 5) is 11.2. The summed E-state index contributed by atoms with van der Waals surface area (Å²) in [6.07, 6.45) is 7.17. The van der Waals surface area contributed by atoms with Crippen molar-refractivity contribution in [3.05, 3.63) is 0 Å². The van der Waals surface area contributed by atoms with Crippen LogP contribution >= 0.6 is 0 Å². The molecule has 0 aromatic carbocycles. The van der Waals surface area contributed by atoms with Crippen LogP contribution < -0.4 is 5.32 Å². The van der Waals surface area contributed by atoms with Crippen molar-refractivity contribution >= 4 is 5.97 Å². The Morgan fingerprint density at radius 1 is 1.24 bits per heavy atom. The number of rotatable bonds is 6. The molecule has 2 unspecified atom stereocenters. The summed E-state index contributed by atoms with van der Waals surface area (Å²) in [5, 5.41) is 12.5. The average Bonchev–Trinajstić information content (AvgIpc) is 2.28. The summed E-state index contributed by atoms with van der Waals surface area (Å²) >= 11 is 0. The quantitative estimate of drug-likeness (QED) is 0.751. The van der Waals surface area contributed by atoms with Gasteiger partial charge in [-0.3, -0.25) is 4.79 Å². The molecule has 2 N–H and O–H groups in total. The van der Waals surface area contributed by atoms with Crippen molar-refractivity contribution in [3.63, 3.8) is 0 Å². The van der Waals surface area contributed by atoms with Gasteiger partial charge in [0.2, 0.25) is 0 Å². The van der Waals surface area contributed by atoms with Gasteiger partial charge >= 0.3 is 5.97 Å². The van der Waals surface area contributed by atoms with E-state index in [0.29, 0.717) is 24.3 Å². The summed E-state index contributed by atoms with van der Waals surface area (Å²) in [5.74, 6) is 0.376. The first-order valence-corrected chi connectivity index (χ1v) is 6.99. The van der Waals surface area contributed by atoms with Crippen LogP contribution in [0, 0.1) is 11.8 Å². The number of nitrogens with one attached hydrogen (secondary N) is 1. The maximum Gasteiger partial charge on any atom is 0.320 e. The maximum atomic E-state index is 11.2. The van der Waals surface area contributed by atoms with E-state index in [1.54, 1.807) is 0 Å². The Morgan fingerprint density at radius 2 is 1.82 bits per heavy atom. The van der Waals surface area contributed by atoms with Gasteiger partial charge < -0.3 is 10.4 Å². The molecular formula is C14H27NO2. The minimum Gasteiger partial charge on any atom is -0.480 e. The van der Waals surface area contributed by atoms with E-state index in [1.807, 2.05) is 0 Å². The fraction of sp³-hybridized carbons (Fsp3) is 0.929. The lowest BCUT2D eigenvalue weighted by Gasteiger charge is -2.31.